The molecule has 2 aliphatic heterocycles. The summed E-state index contributed by atoms with van der Waals surface area (Å²) in [5.74, 6) is 1.58. The highest BCUT2D eigenvalue weighted by Crippen LogP contribution is 2.26. The Morgan fingerprint density at radius 1 is 1.28 bits per heavy atom. The van der Waals surface area contributed by atoms with Crippen LogP contribution in [0.2, 0.25) is 0 Å². The summed E-state index contributed by atoms with van der Waals surface area (Å²) >= 11 is 0. The summed E-state index contributed by atoms with van der Waals surface area (Å²) in [6, 6.07) is 8.76. The minimum atomic E-state index is 0.139. The van der Waals surface area contributed by atoms with E-state index in [1.807, 2.05) is 12.1 Å². The van der Waals surface area contributed by atoms with E-state index in [2.05, 4.69) is 41.3 Å². The van der Waals surface area contributed by atoms with E-state index in [1.54, 1.807) is 0 Å². The van der Waals surface area contributed by atoms with Crippen molar-refractivity contribution < 1.29 is 9.53 Å². The van der Waals surface area contributed by atoms with Gasteiger partial charge in [0.1, 0.15) is 5.75 Å². The third kappa shape index (κ3) is 5.19. The van der Waals surface area contributed by atoms with Gasteiger partial charge in [-0.15, -0.1) is 0 Å². The highest BCUT2D eigenvalue weighted by Gasteiger charge is 2.23. The second kappa shape index (κ2) is 8.68. The van der Waals surface area contributed by atoms with Crippen molar-refractivity contribution in [1.29, 1.82) is 0 Å². The molecule has 138 valence electrons. The van der Waals surface area contributed by atoms with Gasteiger partial charge in [-0.3, -0.25) is 9.69 Å². The first kappa shape index (κ1) is 18.2. The van der Waals surface area contributed by atoms with E-state index in [9.17, 15) is 4.79 Å². The molecule has 2 heterocycles. The molecule has 1 saturated heterocycles. The largest absolute Gasteiger partial charge is 0.493 e. The molecule has 0 saturated carbocycles. The third-order valence-corrected chi connectivity index (χ3v) is 5.56. The van der Waals surface area contributed by atoms with Gasteiger partial charge in [0.15, 0.2) is 0 Å². The normalized spacial score (nSPS) is 22.1. The number of rotatable bonds is 5. The number of likely N-dealkylation sites (tertiary alicyclic amines) is 1. The molecular formula is C20H31N3O2. The maximum Gasteiger partial charge on any atom is 0.234 e. The number of hydrogen-bond donors (Lipinski definition) is 1. The van der Waals surface area contributed by atoms with Crippen molar-refractivity contribution in [2.24, 2.45) is 5.92 Å². The maximum absolute atomic E-state index is 12.3. The van der Waals surface area contributed by atoms with Gasteiger partial charge in [-0.05, 0) is 70.4 Å². The molecule has 0 radical (unpaired) electrons. The number of piperidine rings is 1. The highest BCUT2D eigenvalue weighted by molar-refractivity contribution is 5.78. The molecule has 0 spiro atoms. The van der Waals surface area contributed by atoms with Gasteiger partial charge in [-0.1, -0.05) is 18.2 Å². The number of para-hydroxylation sites is 1. The molecule has 5 nitrogen and oxygen atoms in total. The maximum atomic E-state index is 12.3. The molecule has 5 heteroatoms. The fourth-order valence-electron chi connectivity index (χ4n) is 3.84. The second-order valence-corrected chi connectivity index (χ2v) is 7.57. The van der Waals surface area contributed by atoms with Crippen LogP contribution in [-0.4, -0.2) is 68.6 Å². The van der Waals surface area contributed by atoms with Crippen molar-refractivity contribution in [3.05, 3.63) is 29.8 Å². The molecule has 1 unspecified atom stereocenters. The molecule has 1 fully saturated rings. The van der Waals surface area contributed by atoms with E-state index in [0.717, 1.165) is 57.7 Å². The molecule has 2 aliphatic rings. The van der Waals surface area contributed by atoms with E-state index >= 15 is 0 Å². The van der Waals surface area contributed by atoms with Gasteiger partial charge in [-0.25, -0.2) is 0 Å². The zero-order valence-electron chi connectivity index (χ0n) is 15.5. The number of amides is 1. The number of fused-ring (bicyclic) bond motifs is 1. The Bertz CT molecular complexity index is 570. The van der Waals surface area contributed by atoms with Crippen molar-refractivity contribution in [3.63, 3.8) is 0 Å². The average Bonchev–Trinajstić information content (AvgIpc) is 2.82. The number of hydrogen-bond acceptors (Lipinski definition) is 4. The van der Waals surface area contributed by atoms with Gasteiger partial charge >= 0.3 is 0 Å². The van der Waals surface area contributed by atoms with Crippen LogP contribution in [0.5, 0.6) is 5.75 Å². The molecule has 3 rings (SSSR count). The number of carbonyl (C=O) groups excluding carboxylic acids is 1. The van der Waals surface area contributed by atoms with E-state index in [0.29, 0.717) is 18.5 Å². The molecular weight excluding hydrogens is 314 g/mol. The number of carbonyl (C=O) groups is 1. The van der Waals surface area contributed by atoms with Crippen LogP contribution in [0, 0.1) is 5.92 Å². The minimum absolute atomic E-state index is 0.139. The van der Waals surface area contributed by atoms with Crippen LogP contribution >= 0.6 is 0 Å². The van der Waals surface area contributed by atoms with Crippen LogP contribution in [0.25, 0.3) is 0 Å². The summed E-state index contributed by atoms with van der Waals surface area (Å²) in [4.78, 5) is 16.9. The van der Waals surface area contributed by atoms with Crippen LogP contribution in [0.15, 0.2) is 24.3 Å². The standard InChI is InChI=1S/C20H31N3O2/c1-22-10-7-18(8-11-22)23(2)15-20(24)21-14-16-9-12-25-19-6-4-3-5-17(19)13-16/h3-6,16,18H,7-15H2,1-2H3,(H,21,24). The summed E-state index contributed by atoms with van der Waals surface area (Å²) in [6.45, 7) is 4.20. The Morgan fingerprint density at radius 3 is 2.84 bits per heavy atom. The van der Waals surface area contributed by atoms with Crippen molar-refractivity contribution in [3.8, 4) is 5.75 Å². The lowest BCUT2D eigenvalue weighted by atomic mass is 9.97. The minimum Gasteiger partial charge on any atom is -0.493 e. The summed E-state index contributed by atoms with van der Waals surface area (Å²) in [5, 5.41) is 3.14. The first-order valence-corrected chi connectivity index (χ1v) is 9.48. The van der Waals surface area contributed by atoms with E-state index in [-0.39, 0.29) is 5.91 Å². The molecule has 1 atom stereocenters. The molecule has 1 aromatic carbocycles. The Morgan fingerprint density at radius 2 is 2.04 bits per heavy atom. The quantitative estimate of drug-likeness (QED) is 0.883. The average molecular weight is 345 g/mol. The number of ether oxygens (including phenoxy) is 1. The highest BCUT2D eigenvalue weighted by atomic mass is 16.5. The van der Waals surface area contributed by atoms with Gasteiger partial charge in [0.05, 0.1) is 13.2 Å². The van der Waals surface area contributed by atoms with Gasteiger partial charge < -0.3 is 15.0 Å². The molecule has 1 amide bonds. The number of nitrogens with zero attached hydrogens (tertiary/aromatic N) is 2. The molecule has 0 aliphatic carbocycles. The number of nitrogens with one attached hydrogen (secondary N) is 1. The van der Waals surface area contributed by atoms with Gasteiger partial charge in [0, 0.05) is 12.6 Å². The van der Waals surface area contributed by atoms with Crippen molar-refractivity contribution in [2.45, 2.75) is 31.7 Å². The van der Waals surface area contributed by atoms with Crippen LogP contribution in [-0.2, 0) is 11.2 Å². The van der Waals surface area contributed by atoms with Crippen molar-refractivity contribution in [1.82, 2.24) is 15.1 Å². The lowest BCUT2D eigenvalue weighted by Crippen LogP contribution is -2.46. The predicted molar refractivity (Wildman–Crippen MR) is 99.9 cm³/mol. The summed E-state index contributed by atoms with van der Waals surface area (Å²) in [7, 11) is 4.24. The third-order valence-electron chi connectivity index (χ3n) is 5.56. The fourth-order valence-corrected chi connectivity index (χ4v) is 3.84. The Balaban J connectivity index is 1.43. The smallest absolute Gasteiger partial charge is 0.234 e. The van der Waals surface area contributed by atoms with Crippen LogP contribution in [0.1, 0.15) is 24.8 Å². The zero-order chi connectivity index (χ0) is 17.6. The lowest BCUT2D eigenvalue weighted by molar-refractivity contribution is -0.122. The number of benzene rings is 1. The molecule has 1 N–H and O–H groups in total. The van der Waals surface area contributed by atoms with E-state index in [1.165, 1.54) is 5.56 Å². The first-order chi connectivity index (χ1) is 12.1. The lowest BCUT2D eigenvalue weighted by Gasteiger charge is -2.34. The van der Waals surface area contributed by atoms with Gasteiger partial charge in [0.25, 0.3) is 0 Å². The first-order valence-electron chi connectivity index (χ1n) is 9.48. The number of likely N-dealkylation sites (N-methyl/N-ethyl adjacent to an activating group) is 1. The van der Waals surface area contributed by atoms with E-state index < -0.39 is 0 Å². The molecule has 25 heavy (non-hydrogen) atoms. The molecule has 0 bridgehead atoms. The van der Waals surface area contributed by atoms with Gasteiger partial charge in [0.2, 0.25) is 5.91 Å². The fraction of sp³-hybridized carbons (Fsp3) is 0.650. The second-order valence-electron chi connectivity index (χ2n) is 7.57. The summed E-state index contributed by atoms with van der Waals surface area (Å²) in [6.07, 6.45) is 4.26. The Labute approximate surface area is 151 Å². The monoisotopic (exact) mass is 345 g/mol. The van der Waals surface area contributed by atoms with Crippen LogP contribution < -0.4 is 10.1 Å². The molecule has 0 aromatic heterocycles. The van der Waals surface area contributed by atoms with Crippen LogP contribution in [0.4, 0.5) is 0 Å². The summed E-state index contributed by atoms with van der Waals surface area (Å²) < 4.78 is 5.81. The molecule has 1 aromatic rings. The SMILES string of the molecule is CN1CCC(N(C)CC(=O)NCC2CCOc3ccccc3C2)CC1. The Hall–Kier alpha value is -1.59. The zero-order valence-corrected chi connectivity index (χ0v) is 15.5. The van der Waals surface area contributed by atoms with Gasteiger partial charge in [-0.2, -0.15) is 0 Å². The van der Waals surface area contributed by atoms with Crippen molar-refractivity contribution in [2.75, 3.05) is 46.9 Å². The topological polar surface area (TPSA) is 44.8 Å². The predicted octanol–water partition coefficient (Wildman–Crippen LogP) is 1.77. The summed E-state index contributed by atoms with van der Waals surface area (Å²) in [5.41, 5.74) is 1.25. The Kier molecular flexibility index (Phi) is 6.32. The van der Waals surface area contributed by atoms with Crippen molar-refractivity contribution >= 4 is 5.91 Å². The van der Waals surface area contributed by atoms with Crippen LogP contribution in [0.3, 0.4) is 0 Å². The van der Waals surface area contributed by atoms with E-state index in [4.69, 9.17) is 4.74 Å².